The summed E-state index contributed by atoms with van der Waals surface area (Å²) in [6.45, 7) is 7.97. The van der Waals surface area contributed by atoms with E-state index in [4.69, 9.17) is 9.73 Å². The molecule has 3 heterocycles. The van der Waals surface area contributed by atoms with E-state index in [1.807, 2.05) is 42.7 Å². The minimum atomic E-state index is -0.884. The van der Waals surface area contributed by atoms with Gasteiger partial charge in [0.25, 0.3) is 0 Å². The molecule has 4 aromatic rings. The van der Waals surface area contributed by atoms with Gasteiger partial charge in [-0.1, -0.05) is 43.3 Å². The average molecular weight is 501 g/mol. The van der Waals surface area contributed by atoms with Gasteiger partial charge >= 0.3 is 5.97 Å². The number of aliphatic carboxylic acids is 1. The predicted octanol–water partition coefficient (Wildman–Crippen LogP) is 5.93. The van der Waals surface area contributed by atoms with Crippen LogP contribution in [-0.2, 0) is 4.79 Å². The summed E-state index contributed by atoms with van der Waals surface area (Å²) in [5, 5.41) is 19.8. The van der Waals surface area contributed by atoms with Crippen molar-refractivity contribution < 1.29 is 14.6 Å². The van der Waals surface area contributed by atoms with Crippen LogP contribution in [0.2, 0.25) is 0 Å². The number of benzene rings is 2. The molecule has 8 heteroatoms. The van der Waals surface area contributed by atoms with Crippen LogP contribution in [0.25, 0.3) is 16.1 Å². The van der Waals surface area contributed by atoms with Gasteiger partial charge in [0.15, 0.2) is 5.82 Å². The molecule has 0 fully saturated rings. The number of ether oxygens (including phenoxy) is 1. The van der Waals surface area contributed by atoms with Crippen molar-refractivity contribution in [3.8, 4) is 21.9 Å². The number of rotatable bonds is 6. The van der Waals surface area contributed by atoms with E-state index < -0.39 is 17.9 Å². The summed E-state index contributed by atoms with van der Waals surface area (Å²) < 4.78 is 7.28. The van der Waals surface area contributed by atoms with Gasteiger partial charge in [-0.25, -0.2) is 0 Å². The van der Waals surface area contributed by atoms with Crippen LogP contribution in [-0.4, -0.2) is 38.7 Å². The molecule has 2 aromatic heterocycles. The first-order valence-corrected chi connectivity index (χ1v) is 12.7. The van der Waals surface area contributed by atoms with Crippen LogP contribution in [0.1, 0.15) is 52.6 Å². The maximum Gasteiger partial charge on any atom is 0.309 e. The lowest BCUT2D eigenvalue weighted by molar-refractivity contribution is -0.142. The molecule has 36 heavy (non-hydrogen) atoms. The maximum atomic E-state index is 12.2. The number of carbonyl (C=O) groups is 1. The zero-order valence-corrected chi connectivity index (χ0v) is 21.8. The van der Waals surface area contributed by atoms with E-state index in [9.17, 15) is 9.90 Å². The number of carboxylic acids is 1. The Bertz CT molecular complexity index is 1470. The van der Waals surface area contributed by atoms with Gasteiger partial charge < -0.3 is 9.84 Å². The lowest BCUT2D eigenvalue weighted by Gasteiger charge is -2.19. The van der Waals surface area contributed by atoms with E-state index in [2.05, 4.69) is 48.3 Å². The molecule has 2 atom stereocenters. The van der Waals surface area contributed by atoms with Gasteiger partial charge in [0.05, 0.1) is 18.7 Å². The third kappa shape index (κ3) is 3.91. The lowest BCUT2D eigenvalue weighted by Crippen LogP contribution is -2.23. The van der Waals surface area contributed by atoms with Gasteiger partial charge in [-0.2, -0.15) is 0 Å². The molecule has 0 bridgehead atoms. The van der Waals surface area contributed by atoms with Crippen LogP contribution in [0, 0.1) is 26.7 Å². The molecule has 1 aliphatic rings. The Hall–Kier alpha value is -3.78. The largest absolute Gasteiger partial charge is 0.497 e. The van der Waals surface area contributed by atoms with E-state index in [1.54, 1.807) is 18.4 Å². The standard InChI is InChI=1S/C28H28N4O3S/c1-6-22(28(33)34)25-26-31-30-17(4)32(26)27-23(15(2)16(3)36-27)24(29-25)20-9-7-18(8-10-20)19-11-13-21(35-5)14-12-19/h7-14,22,25H,6H2,1-5H3,(H,33,34)/t22?,25-/m0/s1. The second kappa shape index (κ2) is 9.35. The van der Waals surface area contributed by atoms with Crippen LogP contribution < -0.4 is 4.74 Å². The normalized spacial score (nSPS) is 15.5. The number of hydrogen-bond donors (Lipinski definition) is 1. The number of aliphatic imine (C=N–C) groups is 1. The molecule has 0 saturated carbocycles. The van der Waals surface area contributed by atoms with Gasteiger partial charge in [0.1, 0.15) is 22.6 Å². The molecule has 2 aromatic carbocycles. The molecule has 5 rings (SSSR count). The number of aryl methyl sites for hydroxylation is 2. The second-order valence-electron chi connectivity index (χ2n) is 8.99. The third-order valence-corrected chi connectivity index (χ3v) is 8.10. The zero-order chi connectivity index (χ0) is 25.6. The fraction of sp³-hybridized carbons (Fsp3) is 0.286. The van der Waals surface area contributed by atoms with Crippen molar-refractivity contribution >= 4 is 23.0 Å². The molecule has 0 amide bonds. The van der Waals surface area contributed by atoms with Crippen LogP contribution in [0.3, 0.4) is 0 Å². The van der Waals surface area contributed by atoms with Crippen molar-refractivity contribution in [2.24, 2.45) is 10.9 Å². The number of carboxylic acid groups (broad SMARTS) is 1. The summed E-state index contributed by atoms with van der Waals surface area (Å²) >= 11 is 1.67. The van der Waals surface area contributed by atoms with Crippen molar-refractivity contribution in [2.75, 3.05) is 7.11 Å². The average Bonchev–Trinajstić information content (AvgIpc) is 3.35. The highest BCUT2D eigenvalue weighted by Crippen LogP contribution is 2.41. The van der Waals surface area contributed by atoms with Gasteiger partial charge in [-0.05, 0) is 56.0 Å². The first kappa shape index (κ1) is 23.9. The smallest absolute Gasteiger partial charge is 0.309 e. The first-order valence-electron chi connectivity index (χ1n) is 11.9. The Balaban J connectivity index is 1.68. The molecule has 1 N–H and O–H groups in total. The highest BCUT2D eigenvalue weighted by atomic mass is 32.1. The van der Waals surface area contributed by atoms with Crippen LogP contribution in [0.5, 0.6) is 5.75 Å². The molecule has 0 aliphatic carbocycles. The fourth-order valence-corrected chi connectivity index (χ4v) is 5.97. The number of aromatic nitrogens is 3. The summed E-state index contributed by atoms with van der Waals surface area (Å²) in [5.41, 5.74) is 6.05. The molecule has 0 saturated heterocycles. The third-order valence-electron chi connectivity index (χ3n) is 6.91. The summed E-state index contributed by atoms with van der Waals surface area (Å²) in [5.74, 6) is 0.525. The fourth-order valence-electron chi connectivity index (χ4n) is 4.75. The van der Waals surface area contributed by atoms with Gasteiger partial charge in [0.2, 0.25) is 0 Å². The number of thiophene rings is 1. The lowest BCUT2D eigenvalue weighted by atomic mass is 9.95. The Morgan fingerprint density at radius 3 is 2.22 bits per heavy atom. The van der Waals surface area contributed by atoms with Crippen LogP contribution >= 0.6 is 11.3 Å². The molecule has 1 unspecified atom stereocenters. The van der Waals surface area contributed by atoms with Gasteiger partial charge in [0, 0.05) is 16.0 Å². The van der Waals surface area contributed by atoms with Crippen molar-refractivity contribution in [3.05, 3.63) is 81.7 Å². The van der Waals surface area contributed by atoms with Crippen molar-refractivity contribution in [2.45, 2.75) is 40.2 Å². The first-order chi connectivity index (χ1) is 17.3. The molecule has 1 aliphatic heterocycles. The Morgan fingerprint density at radius 1 is 1.03 bits per heavy atom. The topological polar surface area (TPSA) is 89.6 Å². The zero-order valence-electron chi connectivity index (χ0n) is 20.9. The molecule has 0 radical (unpaired) electrons. The minimum Gasteiger partial charge on any atom is -0.497 e. The Labute approximate surface area is 214 Å². The highest BCUT2D eigenvalue weighted by Gasteiger charge is 2.37. The summed E-state index contributed by atoms with van der Waals surface area (Å²) in [6, 6.07) is 15.6. The van der Waals surface area contributed by atoms with Crippen molar-refractivity contribution in [1.82, 2.24) is 14.8 Å². The minimum absolute atomic E-state index is 0.435. The van der Waals surface area contributed by atoms with Gasteiger partial charge in [-0.3, -0.25) is 14.4 Å². The molecule has 0 spiro atoms. The number of nitrogens with zero attached hydrogens (tertiary/aromatic N) is 4. The Kier molecular flexibility index (Phi) is 6.22. The highest BCUT2D eigenvalue weighted by molar-refractivity contribution is 7.15. The molecular weight excluding hydrogens is 472 g/mol. The molecular formula is C28H28N4O3S. The van der Waals surface area contributed by atoms with E-state index >= 15 is 0 Å². The summed E-state index contributed by atoms with van der Waals surface area (Å²) in [4.78, 5) is 18.6. The molecule has 184 valence electrons. The SMILES string of the molecule is CCC(C(=O)O)[C@@H]1N=C(c2ccc(-c3ccc(OC)cc3)cc2)c2c(sc(C)c2C)-n2c(C)nnc21. The monoisotopic (exact) mass is 500 g/mol. The van der Waals surface area contributed by atoms with E-state index in [0.29, 0.717) is 12.2 Å². The van der Waals surface area contributed by atoms with E-state index in [1.165, 1.54) is 4.88 Å². The van der Waals surface area contributed by atoms with Crippen molar-refractivity contribution in [1.29, 1.82) is 0 Å². The maximum absolute atomic E-state index is 12.2. The number of hydrogen-bond acceptors (Lipinski definition) is 6. The molecule has 7 nitrogen and oxygen atoms in total. The van der Waals surface area contributed by atoms with E-state index in [0.717, 1.165) is 50.1 Å². The Morgan fingerprint density at radius 2 is 1.64 bits per heavy atom. The predicted molar refractivity (Wildman–Crippen MR) is 142 cm³/mol. The van der Waals surface area contributed by atoms with Crippen LogP contribution in [0.15, 0.2) is 53.5 Å². The van der Waals surface area contributed by atoms with Gasteiger partial charge in [-0.15, -0.1) is 21.5 Å². The van der Waals surface area contributed by atoms with Crippen molar-refractivity contribution in [3.63, 3.8) is 0 Å². The summed E-state index contributed by atoms with van der Waals surface area (Å²) in [7, 11) is 1.66. The second-order valence-corrected chi connectivity index (χ2v) is 10.2. The van der Waals surface area contributed by atoms with E-state index in [-0.39, 0.29) is 0 Å². The number of fused-ring (bicyclic) bond motifs is 3. The number of methoxy groups -OCH3 is 1. The summed E-state index contributed by atoms with van der Waals surface area (Å²) in [6.07, 6.45) is 0.435. The van der Waals surface area contributed by atoms with Crippen LogP contribution in [0.4, 0.5) is 0 Å². The quantitative estimate of drug-likeness (QED) is 0.354.